The molecule has 0 bridgehead atoms. The monoisotopic (exact) mass is 236 g/mol. The van der Waals surface area contributed by atoms with Crippen LogP contribution in [0.5, 0.6) is 0 Å². The Balaban J connectivity index is 1.78. The number of hydrogen-bond donors (Lipinski definition) is 0. The van der Waals surface area contributed by atoms with Gasteiger partial charge in [0.05, 0.1) is 6.61 Å². The highest BCUT2D eigenvalue weighted by Gasteiger charge is 2.61. The van der Waals surface area contributed by atoms with E-state index < -0.39 is 0 Å². The van der Waals surface area contributed by atoms with Crippen molar-refractivity contribution in [3.63, 3.8) is 0 Å². The Morgan fingerprint density at radius 1 is 1.53 bits per heavy atom. The second-order valence-corrected chi connectivity index (χ2v) is 5.89. The highest BCUT2D eigenvalue weighted by molar-refractivity contribution is 5.81. The first-order valence-corrected chi connectivity index (χ1v) is 6.93. The molecule has 3 atom stereocenters. The first kappa shape index (κ1) is 12.7. The van der Waals surface area contributed by atoms with Gasteiger partial charge in [-0.3, -0.25) is 0 Å². The van der Waals surface area contributed by atoms with Gasteiger partial charge in [-0.25, -0.2) is 4.79 Å². The average molecular weight is 236 g/mol. The molecule has 2 aliphatic carbocycles. The van der Waals surface area contributed by atoms with Gasteiger partial charge in [0.15, 0.2) is 0 Å². The normalized spacial score (nSPS) is 35.3. The summed E-state index contributed by atoms with van der Waals surface area (Å²) in [5, 5.41) is 0. The van der Waals surface area contributed by atoms with Gasteiger partial charge < -0.3 is 4.74 Å². The number of rotatable bonds is 5. The van der Waals surface area contributed by atoms with E-state index in [2.05, 4.69) is 13.8 Å². The maximum Gasteiger partial charge on any atom is 0.330 e. The van der Waals surface area contributed by atoms with Crippen LogP contribution >= 0.6 is 0 Å². The molecule has 0 radical (unpaired) electrons. The van der Waals surface area contributed by atoms with Gasteiger partial charge in [0, 0.05) is 6.08 Å². The van der Waals surface area contributed by atoms with Crippen molar-refractivity contribution in [1.29, 1.82) is 0 Å². The third-order valence-corrected chi connectivity index (χ3v) is 4.86. The number of allylic oxidation sites excluding steroid dienone is 1. The lowest BCUT2D eigenvalue weighted by atomic mass is 9.90. The number of ether oxygens (including phenoxy) is 1. The van der Waals surface area contributed by atoms with Crippen LogP contribution in [0.3, 0.4) is 0 Å². The smallest absolute Gasteiger partial charge is 0.330 e. The highest BCUT2D eigenvalue weighted by atomic mass is 16.5. The summed E-state index contributed by atoms with van der Waals surface area (Å²) < 4.78 is 4.88. The first-order chi connectivity index (χ1) is 8.10. The molecule has 17 heavy (non-hydrogen) atoms. The third-order valence-electron chi connectivity index (χ3n) is 4.86. The predicted molar refractivity (Wildman–Crippen MR) is 68.5 cm³/mol. The molecule has 0 spiro atoms. The molecule has 0 heterocycles. The lowest BCUT2D eigenvalue weighted by molar-refractivity contribution is -0.137. The van der Waals surface area contributed by atoms with E-state index in [1.54, 1.807) is 6.08 Å². The Morgan fingerprint density at radius 2 is 2.29 bits per heavy atom. The highest BCUT2D eigenvalue weighted by Crippen LogP contribution is 2.70. The Morgan fingerprint density at radius 3 is 2.82 bits per heavy atom. The van der Waals surface area contributed by atoms with Crippen LogP contribution in [-0.2, 0) is 9.53 Å². The summed E-state index contributed by atoms with van der Waals surface area (Å²) in [6.07, 6.45) is 8.82. The van der Waals surface area contributed by atoms with Crippen molar-refractivity contribution in [3.05, 3.63) is 12.2 Å². The SMILES string of the molecule is CCOC(=O)C=CCC1CCC2(C(C)C)CC12. The van der Waals surface area contributed by atoms with Crippen molar-refractivity contribution in [3.8, 4) is 0 Å². The molecule has 2 rings (SSSR count). The van der Waals surface area contributed by atoms with Crippen molar-refractivity contribution in [2.45, 2.75) is 46.5 Å². The zero-order chi connectivity index (χ0) is 12.5. The van der Waals surface area contributed by atoms with E-state index in [1.165, 1.54) is 19.3 Å². The lowest BCUT2D eigenvalue weighted by Gasteiger charge is -2.15. The summed E-state index contributed by atoms with van der Waals surface area (Å²) in [5.74, 6) is 2.36. The lowest BCUT2D eigenvalue weighted by Crippen LogP contribution is -2.08. The minimum absolute atomic E-state index is 0.198. The van der Waals surface area contributed by atoms with Crippen LogP contribution in [0.4, 0.5) is 0 Å². The van der Waals surface area contributed by atoms with Gasteiger partial charge in [0.2, 0.25) is 0 Å². The van der Waals surface area contributed by atoms with Crippen molar-refractivity contribution in [1.82, 2.24) is 0 Å². The summed E-state index contributed by atoms with van der Waals surface area (Å²) in [6, 6.07) is 0. The molecule has 96 valence electrons. The van der Waals surface area contributed by atoms with Gasteiger partial charge in [0.25, 0.3) is 0 Å². The largest absolute Gasteiger partial charge is 0.463 e. The van der Waals surface area contributed by atoms with Crippen molar-refractivity contribution >= 4 is 5.97 Å². The molecule has 3 unspecified atom stereocenters. The van der Waals surface area contributed by atoms with Gasteiger partial charge in [0.1, 0.15) is 0 Å². The molecule has 0 aromatic heterocycles. The number of hydrogen-bond acceptors (Lipinski definition) is 2. The van der Waals surface area contributed by atoms with E-state index >= 15 is 0 Å². The Hall–Kier alpha value is -0.790. The van der Waals surface area contributed by atoms with Crippen molar-refractivity contribution in [2.24, 2.45) is 23.2 Å². The fourth-order valence-corrected chi connectivity index (χ4v) is 3.69. The van der Waals surface area contributed by atoms with Gasteiger partial charge >= 0.3 is 5.97 Å². The van der Waals surface area contributed by atoms with Gasteiger partial charge in [-0.05, 0) is 55.8 Å². The molecule has 0 aliphatic heterocycles. The number of carbonyl (C=O) groups excluding carboxylic acids is 1. The number of esters is 1. The second-order valence-electron chi connectivity index (χ2n) is 5.89. The van der Waals surface area contributed by atoms with E-state index in [9.17, 15) is 4.79 Å². The first-order valence-electron chi connectivity index (χ1n) is 6.93. The molecule has 0 aromatic carbocycles. The third kappa shape index (κ3) is 2.41. The standard InChI is InChI=1S/C15H24O2/c1-4-17-14(16)7-5-6-12-8-9-15(11(2)3)10-13(12)15/h5,7,11-13H,4,6,8-10H2,1-3H3. The summed E-state index contributed by atoms with van der Waals surface area (Å²) in [6.45, 7) is 7.02. The molecule has 0 saturated heterocycles. The Bertz CT molecular complexity index is 319. The van der Waals surface area contributed by atoms with Crippen LogP contribution in [0.25, 0.3) is 0 Å². The van der Waals surface area contributed by atoms with Crippen molar-refractivity contribution in [2.75, 3.05) is 6.61 Å². The molecule has 0 amide bonds. The second kappa shape index (κ2) is 4.83. The summed E-state index contributed by atoms with van der Waals surface area (Å²) in [5.41, 5.74) is 0.669. The minimum atomic E-state index is -0.198. The Labute approximate surface area is 104 Å². The van der Waals surface area contributed by atoms with Crippen LogP contribution in [0, 0.1) is 23.2 Å². The topological polar surface area (TPSA) is 26.3 Å². The van der Waals surface area contributed by atoms with Crippen LogP contribution in [-0.4, -0.2) is 12.6 Å². The Kier molecular flexibility index (Phi) is 3.60. The van der Waals surface area contributed by atoms with E-state index in [-0.39, 0.29) is 5.97 Å². The molecule has 0 N–H and O–H groups in total. The number of carbonyl (C=O) groups is 1. The average Bonchev–Trinajstić information content (AvgIpc) is 2.91. The predicted octanol–water partition coefficient (Wildman–Crippen LogP) is 3.57. The van der Waals surface area contributed by atoms with E-state index in [0.717, 1.165) is 24.2 Å². The number of fused-ring (bicyclic) bond motifs is 1. The zero-order valence-corrected chi connectivity index (χ0v) is 11.2. The molecule has 2 heteroatoms. The van der Waals surface area contributed by atoms with Crippen LogP contribution < -0.4 is 0 Å². The van der Waals surface area contributed by atoms with Crippen molar-refractivity contribution < 1.29 is 9.53 Å². The van der Waals surface area contributed by atoms with E-state index in [4.69, 9.17) is 4.74 Å². The summed E-state index contributed by atoms with van der Waals surface area (Å²) >= 11 is 0. The van der Waals surface area contributed by atoms with E-state index in [0.29, 0.717) is 12.0 Å². The summed E-state index contributed by atoms with van der Waals surface area (Å²) in [7, 11) is 0. The maximum atomic E-state index is 11.2. The van der Waals surface area contributed by atoms with Crippen LogP contribution in [0.1, 0.15) is 46.5 Å². The quantitative estimate of drug-likeness (QED) is 0.539. The zero-order valence-electron chi connectivity index (χ0n) is 11.2. The van der Waals surface area contributed by atoms with Gasteiger partial charge in [-0.1, -0.05) is 19.9 Å². The summed E-state index contributed by atoms with van der Waals surface area (Å²) in [4.78, 5) is 11.2. The van der Waals surface area contributed by atoms with Crippen LogP contribution in [0.2, 0.25) is 0 Å². The molecule has 2 fully saturated rings. The molecule has 2 nitrogen and oxygen atoms in total. The fourth-order valence-electron chi connectivity index (χ4n) is 3.69. The molecular weight excluding hydrogens is 212 g/mol. The molecule has 2 saturated carbocycles. The van der Waals surface area contributed by atoms with Gasteiger partial charge in [-0.15, -0.1) is 0 Å². The molecule has 0 aromatic rings. The molecular formula is C15H24O2. The molecule has 2 aliphatic rings. The van der Waals surface area contributed by atoms with Gasteiger partial charge in [-0.2, -0.15) is 0 Å². The minimum Gasteiger partial charge on any atom is -0.463 e. The maximum absolute atomic E-state index is 11.2. The van der Waals surface area contributed by atoms with E-state index in [1.807, 2.05) is 13.0 Å². The van der Waals surface area contributed by atoms with Crippen LogP contribution in [0.15, 0.2) is 12.2 Å². The fraction of sp³-hybridized carbons (Fsp3) is 0.800.